The molecule has 0 radical (unpaired) electrons. The van der Waals surface area contributed by atoms with Crippen molar-refractivity contribution in [2.24, 2.45) is 0 Å². The number of aryl methyl sites for hydroxylation is 1. The minimum atomic E-state index is -0.954. The van der Waals surface area contributed by atoms with Crippen LogP contribution in [0.1, 0.15) is 18.4 Å². The molecule has 4 nitrogen and oxygen atoms in total. The van der Waals surface area contributed by atoms with E-state index in [0.717, 1.165) is 25.0 Å². The van der Waals surface area contributed by atoms with Crippen molar-refractivity contribution in [1.29, 1.82) is 0 Å². The van der Waals surface area contributed by atoms with E-state index in [4.69, 9.17) is 9.84 Å². The smallest absolute Gasteiger partial charge is 0.404 e. The maximum absolute atomic E-state index is 10.2. The molecule has 1 amide bonds. The molecule has 0 aliphatic carbocycles. The number of nitrogens with one attached hydrogen (secondary N) is 1. The van der Waals surface area contributed by atoms with Crippen LogP contribution < -0.4 is 10.1 Å². The standard InChI is InChI=1S/C12H17NO3/c1-16-11-7-5-10(6-8-11)4-2-3-9-13-12(14)15/h5-8,13H,2-4,9H2,1H3,(H,14,15). The Balaban J connectivity index is 2.19. The van der Waals surface area contributed by atoms with Gasteiger partial charge in [0.05, 0.1) is 7.11 Å². The van der Waals surface area contributed by atoms with Crippen molar-refractivity contribution in [3.8, 4) is 5.75 Å². The summed E-state index contributed by atoms with van der Waals surface area (Å²) in [7, 11) is 1.65. The van der Waals surface area contributed by atoms with Gasteiger partial charge in [-0.2, -0.15) is 0 Å². The van der Waals surface area contributed by atoms with Crippen LogP contribution in [0.2, 0.25) is 0 Å². The molecule has 2 N–H and O–H groups in total. The van der Waals surface area contributed by atoms with Gasteiger partial charge >= 0.3 is 6.09 Å². The monoisotopic (exact) mass is 223 g/mol. The first-order valence-corrected chi connectivity index (χ1v) is 5.32. The Morgan fingerprint density at radius 3 is 2.56 bits per heavy atom. The summed E-state index contributed by atoms with van der Waals surface area (Å²) in [5.74, 6) is 0.858. The predicted molar refractivity (Wildman–Crippen MR) is 62.0 cm³/mol. The first-order valence-electron chi connectivity index (χ1n) is 5.32. The predicted octanol–water partition coefficient (Wildman–Crippen LogP) is 2.29. The highest BCUT2D eigenvalue weighted by Gasteiger charge is 1.96. The van der Waals surface area contributed by atoms with Crippen LogP contribution in [-0.4, -0.2) is 24.9 Å². The number of rotatable bonds is 6. The van der Waals surface area contributed by atoms with E-state index < -0.39 is 6.09 Å². The van der Waals surface area contributed by atoms with E-state index >= 15 is 0 Å². The Labute approximate surface area is 95.2 Å². The van der Waals surface area contributed by atoms with E-state index in [-0.39, 0.29) is 0 Å². The van der Waals surface area contributed by atoms with Crippen molar-refractivity contribution in [2.45, 2.75) is 19.3 Å². The number of hydrogen-bond acceptors (Lipinski definition) is 2. The quantitative estimate of drug-likeness (QED) is 0.727. The summed E-state index contributed by atoms with van der Waals surface area (Å²) in [6.07, 6.45) is 1.85. The highest BCUT2D eigenvalue weighted by molar-refractivity contribution is 5.64. The van der Waals surface area contributed by atoms with Crippen LogP contribution in [0, 0.1) is 0 Å². The number of benzene rings is 1. The Morgan fingerprint density at radius 2 is 2.00 bits per heavy atom. The van der Waals surface area contributed by atoms with Crippen molar-refractivity contribution < 1.29 is 14.6 Å². The summed E-state index contributed by atoms with van der Waals surface area (Å²) in [6.45, 7) is 0.519. The summed E-state index contributed by atoms with van der Waals surface area (Å²) in [6, 6.07) is 7.93. The first kappa shape index (κ1) is 12.4. The highest BCUT2D eigenvalue weighted by Crippen LogP contribution is 2.12. The number of hydrogen-bond donors (Lipinski definition) is 2. The number of amides is 1. The third-order valence-electron chi connectivity index (χ3n) is 2.33. The van der Waals surface area contributed by atoms with Gasteiger partial charge in [-0.15, -0.1) is 0 Å². The molecule has 0 heterocycles. The molecule has 16 heavy (non-hydrogen) atoms. The number of ether oxygens (including phenoxy) is 1. The zero-order chi connectivity index (χ0) is 11.8. The van der Waals surface area contributed by atoms with E-state index in [1.54, 1.807) is 7.11 Å². The average Bonchev–Trinajstić information content (AvgIpc) is 2.29. The van der Waals surface area contributed by atoms with Gasteiger partial charge < -0.3 is 15.2 Å². The molecule has 0 atom stereocenters. The fraction of sp³-hybridized carbons (Fsp3) is 0.417. The molecular formula is C12H17NO3. The Kier molecular flexibility index (Phi) is 5.19. The molecule has 0 spiro atoms. The van der Waals surface area contributed by atoms with E-state index in [0.29, 0.717) is 6.54 Å². The van der Waals surface area contributed by atoms with Crippen LogP contribution in [0.15, 0.2) is 24.3 Å². The summed E-state index contributed by atoms with van der Waals surface area (Å²) in [5, 5.41) is 10.7. The Morgan fingerprint density at radius 1 is 1.31 bits per heavy atom. The van der Waals surface area contributed by atoms with Gasteiger partial charge in [0.2, 0.25) is 0 Å². The molecule has 0 saturated heterocycles. The summed E-state index contributed by atoms with van der Waals surface area (Å²) in [5.41, 5.74) is 1.25. The van der Waals surface area contributed by atoms with Gasteiger partial charge in [-0.1, -0.05) is 12.1 Å². The van der Waals surface area contributed by atoms with E-state index in [1.807, 2.05) is 24.3 Å². The van der Waals surface area contributed by atoms with Crippen LogP contribution >= 0.6 is 0 Å². The minimum Gasteiger partial charge on any atom is -0.497 e. The molecule has 0 aliphatic heterocycles. The van der Waals surface area contributed by atoms with Crippen LogP contribution in [0.4, 0.5) is 4.79 Å². The zero-order valence-corrected chi connectivity index (χ0v) is 9.40. The largest absolute Gasteiger partial charge is 0.497 e. The molecule has 4 heteroatoms. The molecular weight excluding hydrogens is 206 g/mol. The third-order valence-corrected chi connectivity index (χ3v) is 2.33. The van der Waals surface area contributed by atoms with E-state index in [2.05, 4.69) is 5.32 Å². The minimum absolute atomic E-state index is 0.519. The number of carbonyl (C=O) groups is 1. The van der Waals surface area contributed by atoms with E-state index in [1.165, 1.54) is 5.56 Å². The number of carboxylic acid groups (broad SMARTS) is 1. The lowest BCUT2D eigenvalue weighted by Crippen LogP contribution is -2.21. The molecule has 1 aromatic carbocycles. The van der Waals surface area contributed by atoms with Gasteiger partial charge in [0.15, 0.2) is 0 Å². The van der Waals surface area contributed by atoms with Gasteiger partial charge in [0, 0.05) is 6.54 Å². The summed E-state index contributed by atoms with van der Waals surface area (Å²) < 4.78 is 5.06. The lowest BCUT2D eigenvalue weighted by atomic mass is 10.1. The Bertz CT molecular complexity index is 322. The molecule has 0 aliphatic rings. The summed E-state index contributed by atoms with van der Waals surface area (Å²) >= 11 is 0. The molecule has 1 aromatic rings. The average molecular weight is 223 g/mol. The van der Waals surface area contributed by atoms with Crippen LogP contribution in [0.5, 0.6) is 5.75 Å². The molecule has 0 fully saturated rings. The van der Waals surface area contributed by atoms with Crippen molar-refractivity contribution in [3.63, 3.8) is 0 Å². The van der Waals surface area contributed by atoms with Crippen LogP contribution in [0.25, 0.3) is 0 Å². The SMILES string of the molecule is COc1ccc(CCCCNC(=O)O)cc1. The van der Waals surface area contributed by atoms with Crippen molar-refractivity contribution >= 4 is 6.09 Å². The zero-order valence-electron chi connectivity index (χ0n) is 9.40. The number of unbranched alkanes of at least 4 members (excludes halogenated alkanes) is 1. The fourth-order valence-electron chi connectivity index (χ4n) is 1.44. The maximum atomic E-state index is 10.2. The molecule has 0 unspecified atom stereocenters. The second-order valence-electron chi connectivity index (χ2n) is 3.54. The van der Waals surface area contributed by atoms with Gasteiger partial charge in [-0.05, 0) is 37.0 Å². The lowest BCUT2D eigenvalue weighted by molar-refractivity contribution is 0.194. The highest BCUT2D eigenvalue weighted by atomic mass is 16.5. The van der Waals surface area contributed by atoms with Crippen LogP contribution in [-0.2, 0) is 6.42 Å². The fourth-order valence-corrected chi connectivity index (χ4v) is 1.44. The van der Waals surface area contributed by atoms with Crippen molar-refractivity contribution in [3.05, 3.63) is 29.8 Å². The molecule has 1 rings (SSSR count). The Hall–Kier alpha value is -1.71. The molecule has 88 valence electrons. The van der Waals surface area contributed by atoms with E-state index in [9.17, 15) is 4.79 Å². The third kappa shape index (κ3) is 4.68. The van der Waals surface area contributed by atoms with Crippen molar-refractivity contribution in [2.75, 3.05) is 13.7 Å². The van der Waals surface area contributed by atoms with Gasteiger partial charge in [0.25, 0.3) is 0 Å². The maximum Gasteiger partial charge on any atom is 0.404 e. The van der Waals surface area contributed by atoms with Crippen LogP contribution in [0.3, 0.4) is 0 Å². The second-order valence-corrected chi connectivity index (χ2v) is 3.54. The first-order chi connectivity index (χ1) is 7.72. The molecule has 0 bridgehead atoms. The molecule has 0 saturated carbocycles. The normalized spacial score (nSPS) is 9.81. The molecule has 0 aromatic heterocycles. The van der Waals surface area contributed by atoms with Gasteiger partial charge in [0.1, 0.15) is 5.75 Å². The second kappa shape index (κ2) is 6.71. The number of methoxy groups -OCH3 is 1. The van der Waals surface area contributed by atoms with Gasteiger partial charge in [-0.3, -0.25) is 0 Å². The van der Waals surface area contributed by atoms with Crippen molar-refractivity contribution in [1.82, 2.24) is 5.32 Å². The lowest BCUT2D eigenvalue weighted by Gasteiger charge is -2.03. The summed E-state index contributed by atoms with van der Waals surface area (Å²) in [4.78, 5) is 10.2. The van der Waals surface area contributed by atoms with Gasteiger partial charge in [-0.25, -0.2) is 4.79 Å². The topological polar surface area (TPSA) is 58.6 Å².